The number of hydrogen-bond donors (Lipinski definition) is 2. The van der Waals surface area contributed by atoms with Crippen LogP contribution in [0.4, 0.5) is 10.5 Å². The smallest absolute Gasteiger partial charge is 0.319 e. The lowest BCUT2D eigenvalue weighted by molar-refractivity contribution is 0.174. The fraction of sp³-hybridized carbons (Fsp3) is 0.278. The van der Waals surface area contributed by atoms with E-state index in [0.29, 0.717) is 29.4 Å². The van der Waals surface area contributed by atoms with Gasteiger partial charge >= 0.3 is 6.03 Å². The molecule has 7 heteroatoms. The van der Waals surface area contributed by atoms with Crippen molar-refractivity contribution in [2.24, 2.45) is 0 Å². The zero-order chi connectivity index (χ0) is 17.8. The molecule has 1 aliphatic heterocycles. The van der Waals surface area contributed by atoms with E-state index in [1.54, 1.807) is 12.1 Å². The minimum Gasteiger partial charge on any atom is -0.495 e. The highest BCUT2D eigenvalue weighted by molar-refractivity contribution is 6.31. The number of nitrogens with one attached hydrogen (secondary N) is 2. The van der Waals surface area contributed by atoms with Gasteiger partial charge in [-0.1, -0.05) is 17.7 Å². The molecule has 1 heterocycles. The molecule has 0 saturated heterocycles. The van der Waals surface area contributed by atoms with Gasteiger partial charge in [-0.2, -0.15) is 0 Å². The SMILES string of the molecule is COc1cc(Cl)c(C)cc1NC(=O)NCCc1ccc2c(c1)OCO2. The predicted molar refractivity (Wildman–Crippen MR) is 96.0 cm³/mol. The van der Waals surface area contributed by atoms with Crippen molar-refractivity contribution in [3.63, 3.8) is 0 Å². The summed E-state index contributed by atoms with van der Waals surface area (Å²) in [6.07, 6.45) is 0.681. The molecule has 25 heavy (non-hydrogen) atoms. The molecule has 0 spiro atoms. The molecule has 2 amide bonds. The number of fused-ring (bicyclic) bond motifs is 1. The van der Waals surface area contributed by atoms with E-state index in [1.165, 1.54) is 7.11 Å². The number of amides is 2. The molecule has 132 valence electrons. The number of ether oxygens (including phenoxy) is 3. The van der Waals surface area contributed by atoms with Crippen LogP contribution in [0.25, 0.3) is 0 Å². The lowest BCUT2D eigenvalue weighted by Crippen LogP contribution is -2.30. The number of benzene rings is 2. The van der Waals surface area contributed by atoms with Gasteiger partial charge in [0, 0.05) is 17.6 Å². The largest absolute Gasteiger partial charge is 0.495 e. The van der Waals surface area contributed by atoms with Gasteiger partial charge in [-0.05, 0) is 42.7 Å². The van der Waals surface area contributed by atoms with E-state index in [-0.39, 0.29) is 12.8 Å². The van der Waals surface area contributed by atoms with Crippen molar-refractivity contribution >= 4 is 23.3 Å². The van der Waals surface area contributed by atoms with E-state index < -0.39 is 0 Å². The van der Waals surface area contributed by atoms with Gasteiger partial charge in [0.05, 0.1) is 12.8 Å². The van der Waals surface area contributed by atoms with Crippen LogP contribution in [0.15, 0.2) is 30.3 Å². The van der Waals surface area contributed by atoms with Crippen molar-refractivity contribution < 1.29 is 19.0 Å². The Balaban J connectivity index is 1.54. The molecule has 6 nitrogen and oxygen atoms in total. The van der Waals surface area contributed by atoms with Crippen molar-refractivity contribution in [1.29, 1.82) is 0 Å². The summed E-state index contributed by atoms with van der Waals surface area (Å²) in [6.45, 7) is 2.60. The van der Waals surface area contributed by atoms with E-state index in [4.69, 9.17) is 25.8 Å². The summed E-state index contributed by atoms with van der Waals surface area (Å²) in [7, 11) is 1.53. The molecule has 0 aliphatic carbocycles. The van der Waals surface area contributed by atoms with E-state index in [0.717, 1.165) is 22.6 Å². The van der Waals surface area contributed by atoms with Gasteiger partial charge in [0.15, 0.2) is 11.5 Å². The van der Waals surface area contributed by atoms with Gasteiger partial charge < -0.3 is 24.8 Å². The van der Waals surface area contributed by atoms with Crippen molar-refractivity contribution in [1.82, 2.24) is 5.32 Å². The highest BCUT2D eigenvalue weighted by Gasteiger charge is 2.13. The van der Waals surface area contributed by atoms with E-state index >= 15 is 0 Å². The van der Waals surface area contributed by atoms with Crippen LogP contribution in [0.3, 0.4) is 0 Å². The highest BCUT2D eigenvalue weighted by Crippen LogP contribution is 2.32. The third-order valence-corrected chi connectivity index (χ3v) is 4.27. The molecule has 2 aromatic rings. The third-order valence-electron chi connectivity index (χ3n) is 3.87. The third kappa shape index (κ3) is 4.09. The Morgan fingerprint density at radius 3 is 2.84 bits per heavy atom. The number of urea groups is 1. The maximum atomic E-state index is 12.1. The molecule has 0 unspecified atom stereocenters. The van der Waals surface area contributed by atoms with Crippen LogP contribution in [-0.4, -0.2) is 26.5 Å². The summed E-state index contributed by atoms with van der Waals surface area (Å²) in [5, 5.41) is 6.19. The molecule has 0 aromatic heterocycles. The van der Waals surface area contributed by atoms with E-state index in [9.17, 15) is 4.79 Å². The summed E-state index contributed by atoms with van der Waals surface area (Å²) < 4.78 is 15.9. The standard InChI is InChI=1S/C18H19ClN2O4/c1-11-7-14(16(23-2)9-13(11)19)21-18(22)20-6-5-12-3-4-15-17(8-12)25-10-24-15/h3-4,7-9H,5-6,10H2,1-2H3,(H2,20,21,22). The molecule has 0 saturated carbocycles. The summed E-state index contributed by atoms with van der Waals surface area (Å²) >= 11 is 6.07. The van der Waals surface area contributed by atoms with Gasteiger partial charge in [-0.15, -0.1) is 0 Å². The number of carbonyl (C=O) groups excluding carboxylic acids is 1. The lowest BCUT2D eigenvalue weighted by atomic mass is 10.1. The van der Waals surface area contributed by atoms with Gasteiger partial charge in [0.2, 0.25) is 6.79 Å². The Kier molecular flexibility index (Phi) is 5.19. The summed E-state index contributed by atoms with van der Waals surface area (Å²) in [5.41, 5.74) is 2.49. The molecular weight excluding hydrogens is 344 g/mol. The average molecular weight is 363 g/mol. The van der Waals surface area contributed by atoms with E-state index in [1.807, 2.05) is 25.1 Å². The second-order valence-corrected chi connectivity index (χ2v) is 6.03. The second kappa shape index (κ2) is 7.53. The van der Waals surface area contributed by atoms with Crippen LogP contribution in [0.1, 0.15) is 11.1 Å². The van der Waals surface area contributed by atoms with Crippen LogP contribution in [0, 0.1) is 6.92 Å². The Hall–Kier alpha value is -2.60. The van der Waals surface area contributed by atoms with Crippen molar-refractivity contribution in [3.05, 3.63) is 46.5 Å². The predicted octanol–water partition coefficient (Wildman–Crippen LogP) is 3.75. The fourth-order valence-corrected chi connectivity index (χ4v) is 2.67. The van der Waals surface area contributed by atoms with Gasteiger partial charge in [0.25, 0.3) is 0 Å². The Morgan fingerprint density at radius 1 is 1.24 bits per heavy atom. The zero-order valence-corrected chi connectivity index (χ0v) is 14.8. The Morgan fingerprint density at radius 2 is 2.04 bits per heavy atom. The molecule has 1 aliphatic rings. The number of halogens is 1. The number of methoxy groups -OCH3 is 1. The summed E-state index contributed by atoms with van der Waals surface area (Å²) in [6, 6.07) is 8.91. The second-order valence-electron chi connectivity index (χ2n) is 5.62. The number of carbonyl (C=O) groups is 1. The van der Waals surface area contributed by atoms with Crippen molar-refractivity contribution in [2.75, 3.05) is 25.8 Å². The van der Waals surface area contributed by atoms with Crippen molar-refractivity contribution in [2.45, 2.75) is 13.3 Å². The minimum atomic E-state index is -0.305. The lowest BCUT2D eigenvalue weighted by Gasteiger charge is -2.13. The molecule has 2 aromatic carbocycles. The number of anilines is 1. The van der Waals surface area contributed by atoms with Crippen LogP contribution in [-0.2, 0) is 6.42 Å². The molecule has 2 N–H and O–H groups in total. The number of aryl methyl sites for hydroxylation is 1. The average Bonchev–Trinajstić information content (AvgIpc) is 3.05. The first-order valence-electron chi connectivity index (χ1n) is 7.84. The molecule has 0 radical (unpaired) electrons. The summed E-state index contributed by atoms with van der Waals surface area (Å²) in [5.74, 6) is 2.00. The molecule has 0 atom stereocenters. The zero-order valence-electron chi connectivity index (χ0n) is 14.0. The quantitative estimate of drug-likeness (QED) is 0.850. The van der Waals surface area contributed by atoms with Crippen LogP contribution >= 0.6 is 11.6 Å². The summed E-state index contributed by atoms with van der Waals surface area (Å²) in [4.78, 5) is 12.1. The first kappa shape index (κ1) is 17.2. The maximum Gasteiger partial charge on any atom is 0.319 e. The Bertz CT molecular complexity index is 795. The maximum absolute atomic E-state index is 12.1. The Labute approximate surface area is 151 Å². The first-order valence-corrected chi connectivity index (χ1v) is 8.22. The van der Waals surface area contributed by atoms with Gasteiger partial charge in [-0.25, -0.2) is 4.79 Å². The molecule has 0 bridgehead atoms. The van der Waals surface area contributed by atoms with Gasteiger partial charge in [-0.3, -0.25) is 0 Å². The number of hydrogen-bond acceptors (Lipinski definition) is 4. The first-order chi connectivity index (χ1) is 12.1. The monoisotopic (exact) mass is 362 g/mol. The molecular formula is C18H19ClN2O4. The highest BCUT2D eigenvalue weighted by atomic mass is 35.5. The van der Waals surface area contributed by atoms with Gasteiger partial charge in [0.1, 0.15) is 5.75 Å². The van der Waals surface area contributed by atoms with Crippen LogP contribution in [0.5, 0.6) is 17.2 Å². The van der Waals surface area contributed by atoms with Crippen molar-refractivity contribution in [3.8, 4) is 17.2 Å². The number of rotatable bonds is 5. The van der Waals surface area contributed by atoms with Crippen LogP contribution in [0.2, 0.25) is 5.02 Å². The molecule has 3 rings (SSSR count). The van der Waals surface area contributed by atoms with E-state index in [2.05, 4.69) is 10.6 Å². The molecule has 0 fully saturated rings. The normalized spacial score (nSPS) is 12.0. The minimum absolute atomic E-state index is 0.252. The van der Waals surface area contributed by atoms with Crippen LogP contribution < -0.4 is 24.8 Å². The topological polar surface area (TPSA) is 68.8 Å². The fourth-order valence-electron chi connectivity index (χ4n) is 2.51.